The Morgan fingerprint density at radius 1 is 1.18 bits per heavy atom. The molecule has 0 fully saturated rings. The van der Waals surface area contributed by atoms with Gasteiger partial charge in [-0.3, -0.25) is 0 Å². The lowest BCUT2D eigenvalue weighted by Crippen LogP contribution is -2.01. The molecule has 2 aromatic carbocycles. The maximum atomic E-state index is 11.3. The molecule has 0 bridgehead atoms. The fourth-order valence-electron chi connectivity index (χ4n) is 1.71. The van der Waals surface area contributed by atoms with Crippen LogP contribution in [0.15, 0.2) is 42.5 Å². The molecule has 2 rings (SSSR count). The van der Waals surface area contributed by atoms with Gasteiger partial charge in [-0.2, -0.15) is 0 Å². The smallest absolute Gasteiger partial charge is 0.336 e. The van der Waals surface area contributed by atoms with Crippen molar-refractivity contribution in [2.75, 3.05) is 0 Å². The van der Waals surface area contributed by atoms with Crippen LogP contribution in [0.25, 0.3) is 11.1 Å². The third kappa shape index (κ3) is 2.49. The van der Waals surface area contributed by atoms with Gasteiger partial charge in [0.15, 0.2) is 0 Å². The van der Waals surface area contributed by atoms with E-state index in [1.807, 2.05) is 43.3 Å². The first-order chi connectivity index (χ1) is 8.09. The van der Waals surface area contributed by atoms with E-state index in [0.29, 0.717) is 5.56 Å². The summed E-state index contributed by atoms with van der Waals surface area (Å²) in [4.78, 5) is 11.3. The number of benzene rings is 2. The van der Waals surface area contributed by atoms with Crippen LogP contribution < -0.4 is 0 Å². The summed E-state index contributed by atoms with van der Waals surface area (Å²) >= 11 is 2.16. The predicted molar refractivity (Wildman–Crippen MR) is 76.3 cm³/mol. The SMILES string of the molecule is Cc1cc(-c2ccccc2)c(C(=O)O)cc1I. The van der Waals surface area contributed by atoms with Crippen molar-refractivity contribution >= 4 is 28.6 Å². The third-order valence-corrected chi connectivity index (χ3v) is 3.78. The molecule has 0 aliphatic carbocycles. The summed E-state index contributed by atoms with van der Waals surface area (Å²) < 4.78 is 0.972. The molecule has 0 aliphatic heterocycles. The Morgan fingerprint density at radius 2 is 1.82 bits per heavy atom. The molecule has 1 N–H and O–H groups in total. The van der Waals surface area contributed by atoms with Crippen LogP contribution in [0, 0.1) is 10.5 Å². The van der Waals surface area contributed by atoms with Gasteiger partial charge in [0, 0.05) is 3.57 Å². The van der Waals surface area contributed by atoms with E-state index in [-0.39, 0.29) is 0 Å². The molecule has 2 aromatic rings. The number of rotatable bonds is 2. The zero-order valence-electron chi connectivity index (χ0n) is 9.27. The van der Waals surface area contributed by atoms with Gasteiger partial charge >= 0.3 is 5.97 Å². The highest BCUT2D eigenvalue weighted by atomic mass is 127. The van der Waals surface area contributed by atoms with Gasteiger partial charge in [-0.25, -0.2) is 4.79 Å². The molecule has 0 atom stereocenters. The molecule has 3 heteroatoms. The first-order valence-corrected chi connectivity index (χ1v) is 6.26. The van der Waals surface area contributed by atoms with Gasteiger partial charge in [-0.15, -0.1) is 0 Å². The Labute approximate surface area is 113 Å². The number of aromatic carboxylic acids is 1. The lowest BCUT2D eigenvalue weighted by atomic mass is 9.98. The summed E-state index contributed by atoms with van der Waals surface area (Å²) in [7, 11) is 0. The van der Waals surface area contributed by atoms with E-state index in [1.165, 1.54) is 0 Å². The molecule has 0 aromatic heterocycles. The van der Waals surface area contributed by atoms with Crippen molar-refractivity contribution in [2.45, 2.75) is 6.92 Å². The fraction of sp³-hybridized carbons (Fsp3) is 0.0714. The largest absolute Gasteiger partial charge is 0.478 e. The van der Waals surface area contributed by atoms with Crippen LogP contribution in [0.3, 0.4) is 0 Å². The molecule has 0 radical (unpaired) electrons. The van der Waals surface area contributed by atoms with E-state index < -0.39 is 5.97 Å². The predicted octanol–water partition coefficient (Wildman–Crippen LogP) is 3.96. The molecule has 0 spiro atoms. The Hall–Kier alpha value is -1.36. The molecule has 17 heavy (non-hydrogen) atoms. The monoisotopic (exact) mass is 338 g/mol. The summed E-state index contributed by atoms with van der Waals surface area (Å²) in [6, 6.07) is 13.2. The molecule has 0 aliphatic rings. The number of carboxylic acids is 1. The van der Waals surface area contributed by atoms with Gasteiger partial charge in [0.1, 0.15) is 0 Å². The third-order valence-electron chi connectivity index (χ3n) is 2.61. The van der Waals surface area contributed by atoms with E-state index in [9.17, 15) is 9.90 Å². The summed E-state index contributed by atoms with van der Waals surface area (Å²) in [6.45, 7) is 1.99. The molecule has 0 amide bonds. The minimum atomic E-state index is -0.887. The van der Waals surface area contributed by atoms with Crippen LogP contribution in [0.2, 0.25) is 0 Å². The average molecular weight is 338 g/mol. The molecule has 0 unspecified atom stereocenters. The van der Waals surface area contributed by atoms with E-state index in [0.717, 1.165) is 20.3 Å². The first kappa shape index (κ1) is 12.1. The van der Waals surface area contributed by atoms with Gasteiger partial charge in [0.05, 0.1) is 5.56 Å². The van der Waals surface area contributed by atoms with Gasteiger partial charge in [-0.05, 0) is 58.3 Å². The minimum absolute atomic E-state index is 0.353. The van der Waals surface area contributed by atoms with E-state index in [1.54, 1.807) is 6.07 Å². The molecular weight excluding hydrogens is 327 g/mol. The number of halogens is 1. The van der Waals surface area contributed by atoms with Crippen molar-refractivity contribution in [3.63, 3.8) is 0 Å². The molecule has 2 nitrogen and oxygen atoms in total. The lowest BCUT2D eigenvalue weighted by Gasteiger charge is -2.09. The summed E-state index contributed by atoms with van der Waals surface area (Å²) in [5.74, 6) is -0.887. The Balaban J connectivity index is 2.68. The van der Waals surface area contributed by atoms with Crippen molar-refractivity contribution in [3.8, 4) is 11.1 Å². The molecule has 0 saturated carbocycles. The van der Waals surface area contributed by atoms with Crippen molar-refractivity contribution in [1.82, 2.24) is 0 Å². The standard InChI is InChI=1S/C14H11IO2/c1-9-7-11(10-5-3-2-4-6-10)12(14(16)17)8-13(9)15/h2-8H,1H3,(H,16,17). The van der Waals surface area contributed by atoms with Crippen molar-refractivity contribution < 1.29 is 9.90 Å². The molecular formula is C14H11IO2. The zero-order chi connectivity index (χ0) is 12.4. The van der Waals surface area contributed by atoms with Gasteiger partial charge in [-0.1, -0.05) is 30.3 Å². The van der Waals surface area contributed by atoms with Gasteiger partial charge in [0.2, 0.25) is 0 Å². The van der Waals surface area contributed by atoms with Crippen LogP contribution in [0.1, 0.15) is 15.9 Å². The number of aryl methyl sites for hydroxylation is 1. The summed E-state index contributed by atoms with van der Waals surface area (Å²) in [5.41, 5.74) is 3.15. The fourth-order valence-corrected chi connectivity index (χ4v) is 2.18. The second-order valence-electron chi connectivity index (χ2n) is 3.82. The highest BCUT2D eigenvalue weighted by molar-refractivity contribution is 14.1. The first-order valence-electron chi connectivity index (χ1n) is 5.18. The normalized spacial score (nSPS) is 10.2. The number of carbonyl (C=O) groups is 1. The highest BCUT2D eigenvalue weighted by Crippen LogP contribution is 2.27. The Bertz CT molecular complexity index is 562. The van der Waals surface area contributed by atoms with Crippen molar-refractivity contribution in [1.29, 1.82) is 0 Å². The Kier molecular flexibility index (Phi) is 3.47. The van der Waals surface area contributed by atoms with Crippen LogP contribution >= 0.6 is 22.6 Å². The van der Waals surface area contributed by atoms with E-state index in [2.05, 4.69) is 22.6 Å². The quantitative estimate of drug-likeness (QED) is 0.842. The second kappa shape index (κ2) is 4.87. The van der Waals surface area contributed by atoms with E-state index in [4.69, 9.17) is 0 Å². The second-order valence-corrected chi connectivity index (χ2v) is 4.98. The molecule has 86 valence electrons. The summed E-state index contributed by atoms with van der Waals surface area (Å²) in [6.07, 6.45) is 0. The molecule has 0 heterocycles. The van der Waals surface area contributed by atoms with Crippen LogP contribution in [0.4, 0.5) is 0 Å². The Morgan fingerprint density at radius 3 is 2.41 bits per heavy atom. The number of carboxylic acid groups (broad SMARTS) is 1. The lowest BCUT2D eigenvalue weighted by molar-refractivity contribution is 0.0697. The number of hydrogen-bond acceptors (Lipinski definition) is 1. The topological polar surface area (TPSA) is 37.3 Å². The molecule has 0 saturated heterocycles. The van der Waals surface area contributed by atoms with Gasteiger partial charge in [0.25, 0.3) is 0 Å². The summed E-state index contributed by atoms with van der Waals surface area (Å²) in [5, 5.41) is 9.24. The number of hydrogen-bond donors (Lipinski definition) is 1. The van der Waals surface area contributed by atoms with Crippen molar-refractivity contribution in [2.24, 2.45) is 0 Å². The van der Waals surface area contributed by atoms with Gasteiger partial charge < -0.3 is 5.11 Å². The van der Waals surface area contributed by atoms with Crippen LogP contribution in [-0.2, 0) is 0 Å². The van der Waals surface area contributed by atoms with Crippen molar-refractivity contribution in [3.05, 3.63) is 57.2 Å². The minimum Gasteiger partial charge on any atom is -0.478 e. The maximum Gasteiger partial charge on any atom is 0.336 e. The van der Waals surface area contributed by atoms with Crippen LogP contribution in [-0.4, -0.2) is 11.1 Å². The zero-order valence-corrected chi connectivity index (χ0v) is 11.4. The average Bonchev–Trinajstić information content (AvgIpc) is 2.33. The maximum absolute atomic E-state index is 11.3. The highest BCUT2D eigenvalue weighted by Gasteiger charge is 2.13. The van der Waals surface area contributed by atoms with Crippen LogP contribution in [0.5, 0.6) is 0 Å². The van der Waals surface area contributed by atoms with E-state index >= 15 is 0 Å².